The van der Waals surface area contributed by atoms with Crippen LogP contribution in [0.1, 0.15) is 45.5 Å². The first-order valence-corrected chi connectivity index (χ1v) is 3.90. The first-order valence-electron chi connectivity index (χ1n) is 3.90. The number of nitrogens with zero attached hydrogens (tertiary/aromatic N) is 4. The van der Waals surface area contributed by atoms with Crippen LogP contribution in [-0.2, 0) is 0 Å². The largest absolute Gasteiger partial charge is 0.227 e. The maximum atomic E-state index is 3.94. The molecule has 0 saturated heterocycles. The van der Waals surface area contributed by atoms with Crippen molar-refractivity contribution >= 4 is 0 Å². The van der Waals surface area contributed by atoms with Crippen molar-refractivity contribution in [2.75, 3.05) is 0 Å². The van der Waals surface area contributed by atoms with E-state index in [2.05, 4.69) is 43.2 Å². The molecule has 0 radical (unpaired) electrons. The van der Waals surface area contributed by atoms with Crippen LogP contribution >= 0.6 is 0 Å². The molecule has 0 spiro atoms. The second-order valence-corrected chi connectivity index (χ2v) is 3.23. The molecule has 62 valence electrons. The Labute approximate surface area is 66.6 Å². The van der Waals surface area contributed by atoms with Gasteiger partial charge in [-0.05, 0) is 24.3 Å². The summed E-state index contributed by atoms with van der Waals surface area (Å²) in [7, 11) is 0. The van der Waals surface area contributed by atoms with E-state index in [1.807, 2.05) is 4.68 Å². The molecule has 0 aliphatic rings. The van der Waals surface area contributed by atoms with E-state index in [4.69, 9.17) is 0 Å². The topological polar surface area (TPSA) is 43.6 Å². The van der Waals surface area contributed by atoms with Crippen LogP contribution in [-0.4, -0.2) is 20.2 Å². The Morgan fingerprint density at radius 3 is 2.18 bits per heavy atom. The standard InChI is InChI=1S/C7H14N4/c1-5(2)7-8-9-10-11(7)6(3)4/h5-6H,1-4H3. The minimum atomic E-state index is 0.349. The maximum Gasteiger partial charge on any atom is 0.154 e. The molecule has 0 atom stereocenters. The highest BCUT2D eigenvalue weighted by Gasteiger charge is 2.11. The lowest BCUT2D eigenvalue weighted by molar-refractivity contribution is 0.483. The Morgan fingerprint density at radius 1 is 1.18 bits per heavy atom. The van der Waals surface area contributed by atoms with E-state index < -0.39 is 0 Å². The first kappa shape index (κ1) is 8.17. The second-order valence-electron chi connectivity index (χ2n) is 3.23. The van der Waals surface area contributed by atoms with Crippen molar-refractivity contribution in [2.24, 2.45) is 0 Å². The van der Waals surface area contributed by atoms with E-state index in [1.165, 1.54) is 0 Å². The van der Waals surface area contributed by atoms with Crippen LogP contribution in [0.5, 0.6) is 0 Å². The van der Waals surface area contributed by atoms with Gasteiger partial charge in [0.15, 0.2) is 5.82 Å². The van der Waals surface area contributed by atoms with E-state index in [9.17, 15) is 0 Å². The molecule has 11 heavy (non-hydrogen) atoms. The minimum absolute atomic E-state index is 0.349. The summed E-state index contributed by atoms with van der Waals surface area (Å²) in [4.78, 5) is 0. The third-order valence-electron chi connectivity index (χ3n) is 1.52. The minimum Gasteiger partial charge on any atom is -0.227 e. The maximum absolute atomic E-state index is 3.94. The van der Waals surface area contributed by atoms with Gasteiger partial charge in [0, 0.05) is 5.92 Å². The number of rotatable bonds is 2. The fourth-order valence-electron chi connectivity index (χ4n) is 0.948. The molecule has 0 bridgehead atoms. The lowest BCUT2D eigenvalue weighted by Gasteiger charge is -2.08. The molecule has 1 aromatic heterocycles. The van der Waals surface area contributed by atoms with Crippen molar-refractivity contribution in [3.05, 3.63) is 5.82 Å². The molecule has 0 amide bonds. The van der Waals surface area contributed by atoms with Gasteiger partial charge in [0.1, 0.15) is 0 Å². The van der Waals surface area contributed by atoms with Crippen LogP contribution in [0, 0.1) is 0 Å². The fraction of sp³-hybridized carbons (Fsp3) is 0.857. The molecular weight excluding hydrogens is 140 g/mol. The highest BCUT2D eigenvalue weighted by atomic mass is 15.5. The van der Waals surface area contributed by atoms with Crippen molar-refractivity contribution in [2.45, 2.75) is 39.7 Å². The van der Waals surface area contributed by atoms with Gasteiger partial charge in [-0.1, -0.05) is 13.8 Å². The predicted octanol–water partition coefficient (Wildman–Crippen LogP) is 1.38. The zero-order valence-electron chi connectivity index (χ0n) is 7.44. The lowest BCUT2D eigenvalue weighted by atomic mass is 10.2. The normalized spacial score (nSPS) is 11.5. The van der Waals surface area contributed by atoms with Crippen LogP contribution in [0.3, 0.4) is 0 Å². The molecule has 4 nitrogen and oxygen atoms in total. The van der Waals surface area contributed by atoms with Crippen molar-refractivity contribution in [3.8, 4) is 0 Å². The summed E-state index contributed by atoms with van der Waals surface area (Å²) >= 11 is 0. The molecule has 1 heterocycles. The Morgan fingerprint density at radius 2 is 1.82 bits per heavy atom. The lowest BCUT2D eigenvalue weighted by Crippen LogP contribution is -2.09. The van der Waals surface area contributed by atoms with Crippen LogP contribution < -0.4 is 0 Å². The smallest absolute Gasteiger partial charge is 0.154 e. The highest BCUT2D eigenvalue weighted by molar-refractivity contribution is 4.89. The molecule has 4 heteroatoms. The average Bonchev–Trinajstić information content (AvgIpc) is 2.32. The molecule has 0 aliphatic carbocycles. The molecule has 0 fully saturated rings. The third-order valence-corrected chi connectivity index (χ3v) is 1.52. The van der Waals surface area contributed by atoms with Gasteiger partial charge >= 0.3 is 0 Å². The number of hydrogen-bond donors (Lipinski definition) is 0. The van der Waals surface area contributed by atoms with Gasteiger partial charge in [-0.25, -0.2) is 4.68 Å². The first-order chi connectivity index (χ1) is 5.13. The van der Waals surface area contributed by atoms with Gasteiger partial charge in [0.25, 0.3) is 0 Å². The quantitative estimate of drug-likeness (QED) is 0.646. The van der Waals surface area contributed by atoms with E-state index in [0.29, 0.717) is 12.0 Å². The molecule has 0 aromatic carbocycles. The fourth-order valence-corrected chi connectivity index (χ4v) is 0.948. The van der Waals surface area contributed by atoms with Gasteiger partial charge in [-0.2, -0.15) is 0 Å². The van der Waals surface area contributed by atoms with E-state index in [0.717, 1.165) is 5.82 Å². The number of hydrogen-bond acceptors (Lipinski definition) is 3. The predicted molar refractivity (Wildman–Crippen MR) is 42.3 cm³/mol. The van der Waals surface area contributed by atoms with Crippen LogP contribution in [0.25, 0.3) is 0 Å². The summed E-state index contributed by atoms with van der Waals surface area (Å²) in [5, 5.41) is 11.5. The summed E-state index contributed by atoms with van der Waals surface area (Å²) in [5.74, 6) is 1.35. The third kappa shape index (κ3) is 1.56. The molecule has 0 unspecified atom stereocenters. The molecule has 1 aromatic rings. The summed E-state index contributed by atoms with van der Waals surface area (Å²) in [6, 6.07) is 0.349. The summed E-state index contributed by atoms with van der Waals surface area (Å²) in [6.45, 7) is 8.32. The Hall–Kier alpha value is -0.930. The Bertz CT molecular complexity index is 204. The molecule has 0 saturated carbocycles. The van der Waals surface area contributed by atoms with Gasteiger partial charge in [0.2, 0.25) is 0 Å². The molecule has 0 aliphatic heterocycles. The van der Waals surface area contributed by atoms with Gasteiger partial charge in [-0.15, -0.1) is 5.10 Å². The van der Waals surface area contributed by atoms with Crippen molar-refractivity contribution < 1.29 is 0 Å². The van der Waals surface area contributed by atoms with Gasteiger partial charge in [-0.3, -0.25) is 0 Å². The zero-order chi connectivity index (χ0) is 8.43. The van der Waals surface area contributed by atoms with E-state index in [1.54, 1.807) is 0 Å². The Kier molecular flexibility index (Phi) is 2.22. The molecular formula is C7H14N4. The summed E-state index contributed by atoms with van der Waals surface area (Å²) in [5.41, 5.74) is 0. The van der Waals surface area contributed by atoms with Crippen molar-refractivity contribution in [3.63, 3.8) is 0 Å². The van der Waals surface area contributed by atoms with Crippen molar-refractivity contribution in [1.82, 2.24) is 20.2 Å². The highest BCUT2D eigenvalue weighted by Crippen LogP contribution is 2.12. The zero-order valence-corrected chi connectivity index (χ0v) is 7.44. The SMILES string of the molecule is CC(C)c1nnnn1C(C)C. The van der Waals surface area contributed by atoms with Crippen molar-refractivity contribution in [1.29, 1.82) is 0 Å². The monoisotopic (exact) mass is 154 g/mol. The van der Waals surface area contributed by atoms with Gasteiger partial charge < -0.3 is 0 Å². The van der Waals surface area contributed by atoms with Crippen LogP contribution in [0.4, 0.5) is 0 Å². The summed E-state index contributed by atoms with van der Waals surface area (Å²) in [6.07, 6.45) is 0. The second kappa shape index (κ2) is 2.98. The summed E-state index contributed by atoms with van der Waals surface area (Å²) < 4.78 is 1.85. The van der Waals surface area contributed by atoms with Crippen LogP contribution in [0.15, 0.2) is 0 Å². The number of tetrazole rings is 1. The average molecular weight is 154 g/mol. The van der Waals surface area contributed by atoms with Gasteiger partial charge in [0.05, 0.1) is 6.04 Å². The Balaban J connectivity index is 2.96. The van der Waals surface area contributed by atoms with E-state index >= 15 is 0 Å². The molecule has 1 rings (SSSR count). The molecule has 0 N–H and O–H groups in total. The number of aromatic nitrogens is 4. The van der Waals surface area contributed by atoms with Crippen LogP contribution in [0.2, 0.25) is 0 Å². The van der Waals surface area contributed by atoms with E-state index in [-0.39, 0.29) is 0 Å².